The summed E-state index contributed by atoms with van der Waals surface area (Å²) in [6.45, 7) is 14.6. The van der Waals surface area contributed by atoms with Gasteiger partial charge in [-0.1, -0.05) is 12.2 Å². The van der Waals surface area contributed by atoms with Crippen LogP contribution in [0.1, 0.15) is 68.7 Å². The van der Waals surface area contributed by atoms with E-state index in [2.05, 4.69) is 29.0 Å². The number of anilines is 1. The zero-order chi connectivity index (χ0) is 35.8. The molecule has 3 aromatic heterocycles. The summed E-state index contributed by atoms with van der Waals surface area (Å²) in [6.07, 6.45) is 13.7. The summed E-state index contributed by atoms with van der Waals surface area (Å²) in [5.41, 5.74) is 3.43. The third-order valence-corrected chi connectivity index (χ3v) is 11.5. The number of halogens is 2. The lowest BCUT2D eigenvalue weighted by Crippen LogP contribution is -2.43. The largest absolute Gasteiger partial charge is 0.461 e. The molecule has 0 spiro atoms. The smallest absolute Gasteiger partial charge is 0.319 e. The molecule has 276 valence electrons. The summed E-state index contributed by atoms with van der Waals surface area (Å²) in [5, 5.41) is 6.09. The number of hydrogen-bond acceptors (Lipinski definition) is 9. The van der Waals surface area contributed by atoms with Crippen molar-refractivity contribution >= 4 is 27.6 Å². The summed E-state index contributed by atoms with van der Waals surface area (Å²) >= 11 is 0. The SMILES string of the molecule is C=CCOC[C@@H]1CCCN(c2nc(OC[C@@]34CCCN3C[C@H](F)C4)nc3c(F)c(-c4c(CC=C)c(C)cc5c4cnn5C4CCCCO4)ncc23)C1. The maximum absolute atomic E-state index is 17.4. The van der Waals surface area contributed by atoms with E-state index < -0.39 is 17.5 Å². The molecular formula is C40H49F2N7O3. The highest BCUT2D eigenvalue weighted by Crippen LogP contribution is 2.42. The number of aromatic nitrogens is 5. The zero-order valence-corrected chi connectivity index (χ0v) is 30.2. The molecule has 1 unspecified atom stereocenters. The maximum Gasteiger partial charge on any atom is 0.319 e. The number of benzene rings is 1. The van der Waals surface area contributed by atoms with Gasteiger partial charge in [0.15, 0.2) is 12.0 Å². The predicted molar refractivity (Wildman–Crippen MR) is 198 cm³/mol. The number of aryl methyl sites for hydroxylation is 1. The average Bonchev–Trinajstić information content (AvgIpc) is 3.84. The zero-order valence-electron chi connectivity index (χ0n) is 30.2. The Morgan fingerprint density at radius 2 is 1.96 bits per heavy atom. The van der Waals surface area contributed by atoms with Crippen molar-refractivity contribution in [3.8, 4) is 17.3 Å². The highest BCUT2D eigenvalue weighted by Gasteiger charge is 2.49. The fourth-order valence-corrected chi connectivity index (χ4v) is 9.04. The molecule has 4 saturated heterocycles. The van der Waals surface area contributed by atoms with Crippen LogP contribution in [0.15, 0.2) is 43.8 Å². The van der Waals surface area contributed by atoms with Crippen LogP contribution in [0.5, 0.6) is 6.01 Å². The summed E-state index contributed by atoms with van der Waals surface area (Å²) in [6, 6.07) is 2.20. The van der Waals surface area contributed by atoms with Crippen LogP contribution in [-0.4, -0.2) is 93.9 Å². The monoisotopic (exact) mass is 713 g/mol. The Labute approximate surface area is 303 Å². The Kier molecular flexibility index (Phi) is 9.97. The van der Waals surface area contributed by atoms with Crippen molar-refractivity contribution in [3.63, 3.8) is 0 Å². The summed E-state index contributed by atoms with van der Waals surface area (Å²) in [7, 11) is 0. The lowest BCUT2D eigenvalue weighted by atomic mass is 9.92. The van der Waals surface area contributed by atoms with Crippen LogP contribution in [0.2, 0.25) is 0 Å². The van der Waals surface area contributed by atoms with E-state index in [1.165, 1.54) is 0 Å². The summed E-state index contributed by atoms with van der Waals surface area (Å²) < 4.78 is 52.3. The van der Waals surface area contributed by atoms with E-state index in [0.29, 0.717) is 62.5 Å². The van der Waals surface area contributed by atoms with E-state index in [0.717, 1.165) is 80.1 Å². The van der Waals surface area contributed by atoms with Crippen LogP contribution in [0.25, 0.3) is 33.1 Å². The third kappa shape index (κ3) is 6.47. The first kappa shape index (κ1) is 35.1. The second kappa shape index (κ2) is 14.8. The van der Waals surface area contributed by atoms with E-state index >= 15 is 4.39 Å². The number of alkyl halides is 1. The topological polar surface area (TPSA) is 90.7 Å². The summed E-state index contributed by atoms with van der Waals surface area (Å²) in [4.78, 5) is 18.9. The fourth-order valence-electron chi connectivity index (χ4n) is 9.04. The number of hydrogen-bond donors (Lipinski definition) is 0. The molecule has 0 amide bonds. The molecule has 0 saturated carbocycles. The van der Waals surface area contributed by atoms with Crippen LogP contribution in [0, 0.1) is 18.7 Å². The number of pyridine rings is 1. The first-order chi connectivity index (χ1) is 25.4. The normalized spacial score (nSPS) is 25.2. The number of allylic oxidation sites excluding steroid dienone is 1. The van der Waals surface area contributed by atoms with Gasteiger partial charge in [0.25, 0.3) is 0 Å². The van der Waals surface area contributed by atoms with Crippen molar-refractivity contribution in [2.75, 3.05) is 57.5 Å². The molecule has 12 heteroatoms. The minimum absolute atomic E-state index is 0.0927. The van der Waals surface area contributed by atoms with Gasteiger partial charge in [-0.15, -0.1) is 13.2 Å². The Balaban J connectivity index is 1.24. The van der Waals surface area contributed by atoms with Crippen molar-refractivity contribution < 1.29 is 23.0 Å². The lowest BCUT2D eigenvalue weighted by molar-refractivity contribution is -0.0366. The van der Waals surface area contributed by atoms with Gasteiger partial charge in [0.05, 0.1) is 35.9 Å². The second-order valence-corrected chi connectivity index (χ2v) is 15.0. The van der Waals surface area contributed by atoms with Gasteiger partial charge in [0, 0.05) is 49.8 Å². The molecule has 0 radical (unpaired) electrons. The quantitative estimate of drug-likeness (QED) is 0.111. The highest BCUT2D eigenvalue weighted by molar-refractivity contribution is 6.00. The van der Waals surface area contributed by atoms with Crippen LogP contribution in [0.4, 0.5) is 14.6 Å². The van der Waals surface area contributed by atoms with Crippen molar-refractivity contribution in [2.45, 2.75) is 82.6 Å². The number of piperidine rings is 1. The first-order valence-corrected chi connectivity index (χ1v) is 18.9. The molecule has 4 fully saturated rings. The molecular weight excluding hydrogens is 664 g/mol. The molecule has 0 aliphatic carbocycles. The van der Waals surface area contributed by atoms with Gasteiger partial charge in [0.1, 0.15) is 29.8 Å². The molecule has 4 aromatic rings. The highest BCUT2D eigenvalue weighted by atomic mass is 19.1. The van der Waals surface area contributed by atoms with Gasteiger partial charge in [-0.05, 0) is 87.9 Å². The molecule has 4 aliphatic heterocycles. The Morgan fingerprint density at radius 1 is 1.06 bits per heavy atom. The molecule has 10 nitrogen and oxygen atoms in total. The molecule has 52 heavy (non-hydrogen) atoms. The second-order valence-electron chi connectivity index (χ2n) is 15.0. The van der Waals surface area contributed by atoms with E-state index in [9.17, 15) is 4.39 Å². The van der Waals surface area contributed by atoms with Gasteiger partial charge in [-0.2, -0.15) is 15.1 Å². The van der Waals surface area contributed by atoms with E-state index in [-0.39, 0.29) is 36.0 Å². The average molecular weight is 714 g/mol. The molecule has 7 heterocycles. The van der Waals surface area contributed by atoms with Crippen molar-refractivity contribution in [1.82, 2.24) is 29.6 Å². The van der Waals surface area contributed by atoms with Gasteiger partial charge < -0.3 is 19.1 Å². The number of ether oxygens (including phenoxy) is 3. The number of fused-ring (bicyclic) bond motifs is 3. The Bertz CT molecular complexity index is 1960. The summed E-state index contributed by atoms with van der Waals surface area (Å²) in [5.74, 6) is 0.320. The molecule has 0 N–H and O–H groups in total. The van der Waals surface area contributed by atoms with Gasteiger partial charge in [-0.25, -0.2) is 13.5 Å². The van der Waals surface area contributed by atoms with Gasteiger partial charge in [-0.3, -0.25) is 9.88 Å². The van der Waals surface area contributed by atoms with Crippen molar-refractivity contribution in [2.24, 2.45) is 5.92 Å². The number of nitrogens with zero attached hydrogens (tertiary/aromatic N) is 7. The first-order valence-electron chi connectivity index (χ1n) is 18.9. The Hall–Kier alpha value is -4.00. The molecule has 0 bridgehead atoms. The van der Waals surface area contributed by atoms with Crippen molar-refractivity contribution in [1.29, 1.82) is 0 Å². The van der Waals surface area contributed by atoms with Crippen molar-refractivity contribution in [3.05, 3.63) is 60.7 Å². The third-order valence-electron chi connectivity index (χ3n) is 11.5. The molecule has 4 aliphatic rings. The molecule has 4 atom stereocenters. The van der Waals surface area contributed by atoms with Crippen LogP contribution in [-0.2, 0) is 15.9 Å². The van der Waals surface area contributed by atoms with Crippen LogP contribution in [0.3, 0.4) is 0 Å². The van der Waals surface area contributed by atoms with E-state index in [1.807, 2.05) is 17.7 Å². The Morgan fingerprint density at radius 3 is 2.79 bits per heavy atom. The van der Waals surface area contributed by atoms with Crippen LogP contribution < -0.4 is 9.64 Å². The van der Waals surface area contributed by atoms with E-state index in [4.69, 9.17) is 34.3 Å². The molecule has 8 rings (SSSR count). The standard InChI is InChI=1S/C40H49F2N7O3/c1-4-10-29-26(3)18-32-30(21-44-49(32)33-12-6-7-17-51-33)34(29)37-35(42)36-31(20-43-37)38(47-14-8-11-27(22-47)24-50-16-5-2)46-39(45-36)52-25-40-13-9-15-48(40)23-28(41)19-40/h4-5,18,20-21,27-28,33H,1-2,6-17,19,22-25H2,3H3/t27-,28-,33?,40+/m1/s1. The number of rotatable bonds is 12. The fraction of sp³-hybridized carbons (Fsp3) is 0.550. The predicted octanol–water partition coefficient (Wildman–Crippen LogP) is 7.29. The van der Waals surface area contributed by atoms with Crippen LogP contribution >= 0.6 is 0 Å². The minimum atomic E-state index is -0.887. The minimum Gasteiger partial charge on any atom is -0.461 e. The lowest BCUT2D eigenvalue weighted by Gasteiger charge is -2.34. The van der Waals surface area contributed by atoms with E-state index in [1.54, 1.807) is 18.5 Å². The van der Waals surface area contributed by atoms with Gasteiger partial charge >= 0.3 is 6.01 Å². The molecule has 1 aromatic carbocycles. The maximum atomic E-state index is 17.4. The van der Waals surface area contributed by atoms with Gasteiger partial charge in [0.2, 0.25) is 0 Å².